The molecule has 0 aliphatic carbocycles. The van der Waals surface area contributed by atoms with E-state index in [0.29, 0.717) is 11.3 Å². The van der Waals surface area contributed by atoms with Gasteiger partial charge in [0, 0.05) is 12.6 Å². The van der Waals surface area contributed by atoms with Gasteiger partial charge in [0.05, 0.1) is 11.3 Å². The van der Waals surface area contributed by atoms with Crippen LogP contribution in [0.3, 0.4) is 0 Å². The predicted octanol–water partition coefficient (Wildman–Crippen LogP) is 2.17. The number of fused-ring (bicyclic) bond motifs is 1. The fourth-order valence-corrected chi connectivity index (χ4v) is 3.02. The molecular formula is C20H21N3O3. The van der Waals surface area contributed by atoms with Crippen LogP contribution in [0.2, 0.25) is 0 Å². The smallest absolute Gasteiger partial charge is 0.257 e. The maximum Gasteiger partial charge on any atom is 0.257 e. The second kappa shape index (κ2) is 7.39. The van der Waals surface area contributed by atoms with Gasteiger partial charge < -0.3 is 15.5 Å². The highest BCUT2D eigenvalue weighted by Gasteiger charge is 2.41. The molecule has 2 aromatic carbocycles. The SMILES string of the molecule is CC(C)N1C(=O)c2ccccc2NC(=O)C1C(=O)NCc1ccccc1. The van der Waals surface area contributed by atoms with Crippen molar-refractivity contribution in [3.8, 4) is 0 Å². The number of amides is 3. The van der Waals surface area contributed by atoms with Crippen molar-refractivity contribution in [2.75, 3.05) is 5.32 Å². The van der Waals surface area contributed by atoms with E-state index in [0.717, 1.165) is 5.56 Å². The minimum atomic E-state index is -1.22. The van der Waals surface area contributed by atoms with Gasteiger partial charge in [-0.25, -0.2) is 0 Å². The van der Waals surface area contributed by atoms with Crippen LogP contribution >= 0.6 is 0 Å². The molecule has 0 saturated heterocycles. The lowest BCUT2D eigenvalue weighted by atomic mass is 10.1. The van der Waals surface area contributed by atoms with Gasteiger partial charge in [-0.05, 0) is 31.5 Å². The van der Waals surface area contributed by atoms with Crippen molar-refractivity contribution >= 4 is 23.4 Å². The first kappa shape index (κ1) is 17.7. The largest absolute Gasteiger partial charge is 0.350 e. The number of nitrogens with one attached hydrogen (secondary N) is 2. The minimum Gasteiger partial charge on any atom is -0.350 e. The molecule has 1 unspecified atom stereocenters. The molecule has 3 amide bonds. The van der Waals surface area contributed by atoms with Gasteiger partial charge in [-0.1, -0.05) is 42.5 Å². The van der Waals surface area contributed by atoms with E-state index < -0.39 is 17.9 Å². The van der Waals surface area contributed by atoms with Crippen molar-refractivity contribution in [3.05, 3.63) is 65.7 Å². The third-order valence-electron chi connectivity index (χ3n) is 4.29. The average molecular weight is 351 g/mol. The summed E-state index contributed by atoms with van der Waals surface area (Å²) >= 11 is 0. The molecule has 2 N–H and O–H groups in total. The zero-order chi connectivity index (χ0) is 18.7. The number of para-hydroxylation sites is 1. The zero-order valence-electron chi connectivity index (χ0n) is 14.7. The summed E-state index contributed by atoms with van der Waals surface area (Å²) < 4.78 is 0. The predicted molar refractivity (Wildman–Crippen MR) is 98.5 cm³/mol. The van der Waals surface area contributed by atoms with E-state index in [1.54, 1.807) is 38.1 Å². The molecular weight excluding hydrogens is 330 g/mol. The van der Waals surface area contributed by atoms with Crippen molar-refractivity contribution in [1.82, 2.24) is 10.2 Å². The molecule has 0 fully saturated rings. The molecule has 0 radical (unpaired) electrons. The Hall–Kier alpha value is -3.15. The molecule has 0 spiro atoms. The quantitative estimate of drug-likeness (QED) is 0.829. The van der Waals surface area contributed by atoms with Crippen LogP contribution in [0.5, 0.6) is 0 Å². The number of hydrogen-bond donors (Lipinski definition) is 2. The number of carbonyl (C=O) groups is 3. The lowest BCUT2D eigenvalue weighted by Crippen LogP contribution is -2.56. The van der Waals surface area contributed by atoms with Crippen LogP contribution in [-0.2, 0) is 16.1 Å². The van der Waals surface area contributed by atoms with Gasteiger partial charge in [0.15, 0.2) is 6.04 Å². The van der Waals surface area contributed by atoms with Crippen LogP contribution in [0.15, 0.2) is 54.6 Å². The summed E-state index contributed by atoms with van der Waals surface area (Å²) in [6.07, 6.45) is 0. The Morgan fingerprint density at radius 3 is 2.42 bits per heavy atom. The molecule has 1 aliphatic rings. The Balaban J connectivity index is 1.88. The van der Waals surface area contributed by atoms with Gasteiger partial charge in [0.25, 0.3) is 17.7 Å². The van der Waals surface area contributed by atoms with Crippen LogP contribution < -0.4 is 10.6 Å². The highest BCUT2D eigenvalue weighted by molar-refractivity contribution is 6.17. The Kier molecular flexibility index (Phi) is 5.02. The van der Waals surface area contributed by atoms with E-state index in [9.17, 15) is 14.4 Å². The van der Waals surface area contributed by atoms with E-state index in [1.165, 1.54) is 4.90 Å². The van der Waals surface area contributed by atoms with Crippen molar-refractivity contribution in [1.29, 1.82) is 0 Å². The molecule has 0 aromatic heterocycles. The summed E-state index contributed by atoms with van der Waals surface area (Å²) in [4.78, 5) is 39.8. The fourth-order valence-electron chi connectivity index (χ4n) is 3.02. The van der Waals surface area contributed by atoms with Crippen LogP contribution in [0.1, 0.15) is 29.8 Å². The second-order valence-corrected chi connectivity index (χ2v) is 6.45. The summed E-state index contributed by atoms with van der Waals surface area (Å²) in [6, 6.07) is 14.7. The monoisotopic (exact) mass is 351 g/mol. The summed E-state index contributed by atoms with van der Waals surface area (Å²) in [7, 11) is 0. The van der Waals surface area contributed by atoms with E-state index >= 15 is 0 Å². The van der Waals surface area contributed by atoms with E-state index in [-0.39, 0.29) is 18.5 Å². The highest BCUT2D eigenvalue weighted by Crippen LogP contribution is 2.24. The van der Waals surface area contributed by atoms with Gasteiger partial charge in [-0.2, -0.15) is 0 Å². The molecule has 6 nitrogen and oxygen atoms in total. The number of hydrogen-bond acceptors (Lipinski definition) is 3. The number of benzene rings is 2. The summed E-state index contributed by atoms with van der Waals surface area (Å²) in [5.41, 5.74) is 1.72. The zero-order valence-corrected chi connectivity index (χ0v) is 14.7. The first-order valence-electron chi connectivity index (χ1n) is 8.53. The van der Waals surface area contributed by atoms with Gasteiger partial charge in [0.1, 0.15) is 0 Å². The Bertz CT molecular complexity index is 833. The molecule has 2 aromatic rings. The second-order valence-electron chi connectivity index (χ2n) is 6.45. The lowest BCUT2D eigenvalue weighted by Gasteiger charge is -2.31. The molecule has 0 bridgehead atoms. The summed E-state index contributed by atoms with van der Waals surface area (Å²) in [5, 5.41) is 5.47. The maximum atomic E-state index is 13.0. The fraction of sp³-hybridized carbons (Fsp3) is 0.250. The van der Waals surface area contributed by atoms with Crippen molar-refractivity contribution < 1.29 is 14.4 Å². The average Bonchev–Trinajstić information content (AvgIpc) is 2.75. The minimum absolute atomic E-state index is 0.288. The standard InChI is InChI=1S/C20H21N3O3/c1-13(2)23-17(18(24)21-12-14-8-4-3-5-9-14)19(25)22-16-11-7-6-10-15(16)20(23)26/h3-11,13,17H,12H2,1-2H3,(H,21,24)(H,22,25). The number of anilines is 1. The third kappa shape index (κ3) is 3.44. The van der Waals surface area contributed by atoms with E-state index in [4.69, 9.17) is 0 Å². The molecule has 6 heteroatoms. The number of rotatable bonds is 4. The number of carbonyl (C=O) groups excluding carboxylic acids is 3. The van der Waals surface area contributed by atoms with Gasteiger partial charge >= 0.3 is 0 Å². The van der Waals surface area contributed by atoms with Crippen LogP contribution in [0.4, 0.5) is 5.69 Å². The third-order valence-corrected chi connectivity index (χ3v) is 4.29. The molecule has 3 rings (SSSR count). The van der Waals surface area contributed by atoms with Crippen molar-refractivity contribution in [3.63, 3.8) is 0 Å². The summed E-state index contributed by atoms with van der Waals surface area (Å²) in [6.45, 7) is 3.86. The van der Waals surface area contributed by atoms with Crippen molar-refractivity contribution in [2.45, 2.75) is 32.5 Å². The van der Waals surface area contributed by atoms with Gasteiger partial charge in [0.2, 0.25) is 0 Å². The first-order chi connectivity index (χ1) is 12.5. The Morgan fingerprint density at radius 1 is 1.08 bits per heavy atom. The van der Waals surface area contributed by atoms with Crippen LogP contribution in [0.25, 0.3) is 0 Å². The molecule has 1 heterocycles. The topological polar surface area (TPSA) is 78.5 Å². The first-order valence-corrected chi connectivity index (χ1v) is 8.53. The lowest BCUT2D eigenvalue weighted by molar-refractivity contribution is -0.134. The van der Waals surface area contributed by atoms with Crippen LogP contribution in [-0.4, -0.2) is 34.7 Å². The van der Waals surface area contributed by atoms with Crippen molar-refractivity contribution in [2.24, 2.45) is 0 Å². The van der Waals surface area contributed by atoms with Gasteiger partial charge in [-0.15, -0.1) is 0 Å². The van der Waals surface area contributed by atoms with Gasteiger partial charge in [-0.3, -0.25) is 14.4 Å². The Labute approximate surface area is 152 Å². The molecule has 26 heavy (non-hydrogen) atoms. The normalized spacial score (nSPS) is 16.7. The van der Waals surface area contributed by atoms with Crippen LogP contribution in [0, 0.1) is 0 Å². The molecule has 1 atom stereocenters. The highest BCUT2D eigenvalue weighted by atomic mass is 16.2. The number of nitrogens with zero attached hydrogens (tertiary/aromatic N) is 1. The maximum absolute atomic E-state index is 13.0. The van der Waals surface area contributed by atoms with E-state index in [2.05, 4.69) is 10.6 Å². The Morgan fingerprint density at radius 2 is 1.73 bits per heavy atom. The summed E-state index contributed by atoms with van der Waals surface area (Å²) in [5.74, 6) is -1.35. The van der Waals surface area contributed by atoms with E-state index in [1.807, 2.05) is 30.3 Å². The molecule has 134 valence electrons. The molecule has 1 aliphatic heterocycles. The molecule has 0 saturated carbocycles.